The smallest absolute Gasteiger partial charge is 0.338 e. The van der Waals surface area contributed by atoms with Crippen molar-refractivity contribution >= 4 is 5.91 Å². The number of nitrogens with zero attached hydrogens (tertiary/aromatic N) is 4. The number of likely N-dealkylation sites (tertiary alicyclic amines) is 1. The number of rotatable bonds is 5. The molecule has 1 N–H and O–H groups in total. The van der Waals surface area contributed by atoms with E-state index in [0.717, 1.165) is 23.0 Å². The van der Waals surface area contributed by atoms with Gasteiger partial charge in [-0.2, -0.15) is 18.3 Å². The molecule has 1 amide bonds. The fourth-order valence-corrected chi connectivity index (χ4v) is 4.00. The number of halogens is 3. The standard InChI is InChI=1S/C19H24F3N5O/c1-11-17(12(2)27(4)25-11)18-13(8-16(28)26(18)3)9-23-10-15-14(19(20,21)22)6-5-7-24-15/h5-7,13,18,23H,8-10H2,1-4H3/t13-,18+/m0/s1. The molecule has 0 spiro atoms. The molecular formula is C19H24F3N5O. The van der Waals surface area contributed by atoms with E-state index in [1.165, 1.54) is 12.3 Å². The highest BCUT2D eigenvalue weighted by Gasteiger charge is 2.41. The van der Waals surface area contributed by atoms with Gasteiger partial charge >= 0.3 is 6.18 Å². The van der Waals surface area contributed by atoms with Gasteiger partial charge in [0.1, 0.15) is 0 Å². The lowest BCUT2D eigenvalue weighted by Gasteiger charge is -2.26. The number of aromatic nitrogens is 3. The second-order valence-corrected chi connectivity index (χ2v) is 7.25. The van der Waals surface area contributed by atoms with Gasteiger partial charge in [-0.25, -0.2) is 0 Å². The third-order valence-corrected chi connectivity index (χ3v) is 5.45. The zero-order valence-corrected chi connectivity index (χ0v) is 16.3. The van der Waals surface area contributed by atoms with Gasteiger partial charge in [-0.1, -0.05) is 0 Å². The number of nitrogens with one attached hydrogen (secondary N) is 1. The monoisotopic (exact) mass is 395 g/mol. The molecule has 152 valence electrons. The molecule has 28 heavy (non-hydrogen) atoms. The van der Waals surface area contributed by atoms with E-state index in [2.05, 4.69) is 15.4 Å². The Labute approximate surface area is 161 Å². The van der Waals surface area contributed by atoms with E-state index in [0.29, 0.717) is 13.0 Å². The van der Waals surface area contributed by atoms with Crippen molar-refractivity contribution in [1.82, 2.24) is 25.0 Å². The highest BCUT2D eigenvalue weighted by atomic mass is 19.4. The molecule has 0 saturated carbocycles. The number of pyridine rings is 1. The maximum absolute atomic E-state index is 13.1. The molecule has 6 nitrogen and oxygen atoms in total. The molecular weight excluding hydrogens is 371 g/mol. The molecule has 1 aliphatic heterocycles. The minimum atomic E-state index is -4.44. The molecule has 3 heterocycles. The van der Waals surface area contributed by atoms with E-state index < -0.39 is 11.7 Å². The number of amides is 1. The van der Waals surface area contributed by atoms with Crippen LogP contribution in [0.3, 0.4) is 0 Å². The van der Waals surface area contributed by atoms with Crippen molar-refractivity contribution in [3.05, 3.63) is 46.5 Å². The van der Waals surface area contributed by atoms with Crippen molar-refractivity contribution in [3.63, 3.8) is 0 Å². The van der Waals surface area contributed by atoms with Crippen LogP contribution < -0.4 is 5.32 Å². The molecule has 0 radical (unpaired) electrons. The van der Waals surface area contributed by atoms with Crippen LogP contribution in [-0.2, 0) is 24.6 Å². The van der Waals surface area contributed by atoms with Crippen molar-refractivity contribution in [3.8, 4) is 0 Å². The second kappa shape index (κ2) is 7.54. The van der Waals surface area contributed by atoms with Gasteiger partial charge in [0.25, 0.3) is 0 Å². The Hall–Kier alpha value is -2.42. The van der Waals surface area contributed by atoms with Crippen LogP contribution in [0.2, 0.25) is 0 Å². The quantitative estimate of drug-likeness (QED) is 0.846. The largest absolute Gasteiger partial charge is 0.418 e. The zero-order valence-electron chi connectivity index (χ0n) is 16.3. The summed E-state index contributed by atoms with van der Waals surface area (Å²) in [5, 5.41) is 7.51. The molecule has 2 aromatic heterocycles. The van der Waals surface area contributed by atoms with E-state index in [1.54, 1.807) is 16.6 Å². The lowest BCUT2D eigenvalue weighted by Crippen LogP contribution is -2.30. The third-order valence-electron chi connectivity index (χ3n) is 5.45. The van der Waals surface area contributed by atoms with Gasteiger partial charge in [0.05, 0.1) is 23.0 Å². The Morgan fingerprint density at radius 2 is 2.00 bits per heavy atom. The van der Waals surface area contributed by atoms with Crippen LogP contribution in [0.4, 0.5) is 13.2 Å². The van der Waals surface area contributed by atoms with Gasteiger partial charge in [0.2, 0.25) is 5.91 Å². The van der Waals surface area contributed by atoms with E-state index in [1.807, 2.05) is 20.9 Å². The zero-order chi connectivity index (χ0) is 20.6. The van der Waals surface area contributed by atoms with Crippen LogP contribution in [0.25, 0.3) is 0 Å². The van der Waals surface area contributed by atoms with Crippen LogP contribution in [-0.4, -0.2) is 39.2 Å². The maximum Gasteiger partial charge on any atom is 0.418 e. The molecule has 0 aromatic carbocycles. The Balaban J connectivity index is 1.76. The lowest BCUT2D eigenvalue weighted by molar-refractivity contribution is -0.138. The average Bonchev–Trinajstić information content (AvgIpc) is 3.03. The first-order valence-corrected chi connectivity index (χ1v) is 9.08. The minimum absolute atomic E-state index is 0.0121. The average molecular weight is 395 g/mol. The summed E-state index contributed by atoms with van der Waals surface area (Å²) in [5.41, 5.74) is 2.07. The Morgan fingerprint density at radius 3 is 2.61 bits per heavy atom. The molecule has 1 saturated heterocycles. The van der Waals surface area contributed by atoms with Crippen molar-refractivity contribution in [2.45, 2.75) is 39.0 Å². The summed E-state index contributed by atoms with van der Waals surface area (Å²) < 4.78 is 41.2. The fourth-order valence-electron chi connectivity index (χ4n) is 4.00. The predicted octanol–water partition coefficient (Wildman–Crippen LogP) is 2.76. The Morgan fingerprint density at radius 1 is 1.29 bits per heavy atom. The molecule has 3 rings (SSSR count). The topological polar surface area (TPSA) is 63.1 Å². The van der Waals surface area contributed by atoms with Crippen LogP contribution in [0.1, 0.15) is 40.7 Å². The van der Waals surface area contributed by atoms with Gasteiger partial charge in [0.15, 0.2) is 0 Å². The summed E-state index contributed by atoms with van der Waals surface area (Å²) in [6.07, 6.45) is -2.75. The predicted molar refractivity (Wildman–Crippen MR) is 97.2 cm³/mol. The summed E-state index contributed by atoms with van der Waals surface area (Å²) >= 11 is 0. The first-order chi connectivity index (χ1) is 13.1. The van der Waals surface area contributed by atoms with Crippen molar-refractivity contribution < 1.29 is 18.0 Å². The normalized spacial score (nSPS) is 20.2. The molecule has 1 fully saturated rings. The minimum Gasteiger partial charge on any atom is -0.338 e. The number of carbonyl (C=O) groups excluding carboxylic acids is 1. The summed E-state index contributed by atoms with van der Waals surface area (Å²) in [6.45, 7) is 4.26. The first-order valence-electron chi connectivity index (χ1n) is 9.08. The highest BCUT2D eigenvalue weighted by Crippen LogP contribution is 2.39. The molecule has 2 atom stereocenters. The summed E-state index contributed by atoms with van der Waals surface area (Å²) in [7, 11) is 3.62. The summed E-state index contributed by atoms with van der Waals surface area (Å²) in [5.74, 6) is -0.0366. The Bertz CT molecular complexity index is 877. The van der Waals surface area contributed by atoms with Crippen LogP contribution in [0.15, 0.2) is 18.3 Å². The SMILES string of the molecule is Cc1nn(C)c(C)c1[C@H]1[C@H](CNCc2ncccc2C(F)(F)F)CC(=O)N1C. The first kappa shape index (κ1) is 20.3. The summed E-state index contributed by atoms with van der Waals surface area (Å²) in [4.78, 5) is 17.9. The number of hydrogen-bond donors (Lipinski definition) is 1. The van der Waals surface area contributed by atoms with E-state index in [9.17, 15) is 18.0 Å². The van der Waals surface area contributed by atoms with Crippen LogP contribution in [0.5, 0.6) is 0 Å². The number of aryl methyl sites for hydroxylation is 2. The van der Waals surface area contributed by atoms with Gasteiger partial charge < -0.3 is 10.2 Å². The third kappa shape index (κ3) is 3.76. The maximum atomic E-state index is 13.1. The van der Waals surface area contributed by atoms with Crippen LogP contribution in [0, 0.1) is 19.8 Å². The summed E-state index contributed by atoms with van der Waals surface area (Å²) in [6, 6.07) is 2.16. The molecule has 0 bridgehead atoms. The van der Waals surface area contributed by atoms with E-state index >= 15 is 0 Å². The van der Waals surface area contributed by atoms with E-state index in [-0.39, 0.29) is 30.1 Å². The van der Waals surface area contributed by atoms with Crippen molar-refractivity contribution in [2.24, 2.45) is 13.0 Å². The highest BCUT2D eigenvalue weighted by molar-refractivity contribution is 5.79. The van der Waals surface area contributed by atoms with Gasteiger partial charge in [-0.3, -0.25) is 14.5 Å². The molecule has 0 unspecified atom stereocenters. The number of hydrogen-bond acceptors (Lipinski definition) is 4. The van der Waals surface area contributed by atoms with Crippen LogP contribution >= 0.6 is 0 Å². The van der Waals surface area contributed by atoms with Gasteiger partial charge in [-0.05, 0) is 26.0 Å². The fraction of sp³-hybridized carbons (Fsp3) is 0.526. The van der Waals surface area contributed by atoms with Crippen molar-refractivity contribution in [2.75, 3.05) is 13.6 Å². The Kier molecular flexibility index (Phi) is 5.47. The molecule has 9 heteroatoms. The van der Waals surface area contributed by atoms with Gasteiger partial charge in [-0.15, -0.1) is 0 Å². The lowest BCUT2D eigenvalue weighted by atomic mass is 9.92. The van der Waals surface area contributed by atoms with E-state index in [4.69, 9.17) is 0 Å². The number of carbonyl (C=O) groups is 1. The van der Waals surface area contributed by atoms with Gasteiger partial charge in [0, 0.05) is 57.0 Å². The number of alkyl halides is 3. The molecule has 1 aliphatic rings. The molecule has 0 aliphatic carbocycles. The second-order valence-electron chi connectivity index (χ2n) is 7.25. The van der Waals surface area contributed by atoms with Crippen molar-refractivity contribution in [1.29, 1.82) is 0 Å². The molecule has 2 aromatic rings.